The topological polar surface area (TPSA) is 414 Å². The van der Waals surface area contributed by atoms with Gasteiger partial charge in [0.05, 0.1) is 42.7 Å². The van der Waals surface area contributed by atoms with Gasteiger partial charge in [0, 0.05) is 44.9 Å². The maximum atomic E-state index is 14.6. The van der Waals surface area contributed by atoms with Crippen LogP contribution in [0.5, 0.6) is 11.5 Å². The standard InChI is InChI=1S/C39H58N8O19S.Na/c1-4-9-63-39(61)41-8-7-25(52)30-38(60)47-15-17(2)32(54)31(47)36(58)42-14-20(49)12-22(40)33(55)43-28(18(3)48)37(59)46-16-21(50)13-23(46)34(56)44-29(35(57)45-30)26(53)10-19-5-6-24(51)27(11-19)64-67-66-65-62;/h4-6,11,17-18,20-23,25-26,28-32,48-54,62H,1,7-10,12-16,40H2,2-3H3,(H,41,61)(H,42,58)(H,43,55)(H,44,56)(H,45,57);/q;+1/p-1/t17-,18+,20+,21+,22-,23-,25+,26+,28-,29-,30-,31-,32-;/m0./s1. The van der Waals surface area contributed by atoms with Gasteiger partial charge in [0.25, 0.3) is 12.3 Å². The minimum Gasteiger partial charge on any atom is -0.691 e. The zero-order valence-corrected chi connectivity index (χ0v) is 40.1. The molecule has 7 amide bonds. The fraction of sp³-hybridized carbons (Fsp3) is 0.615. The Kier molecular flexibility index (Phi) is 23.1. The van der Waals surface area contributed by atoms with Crippen molar-refractivity contribution in [3.63, 3.8) is 0 Å². The summed E-state index contributed by atoms with van der Waals surface area (Å²) in [6.07, 6.45) is -11.6. The molecule has 3 heterocycles. The number of aliphatic hydroxyl groups excluding tert-OH is 6. The minimum atomic E-state index is -2.12. The predicted molar refractivity (Wildman–Crippen MR) is 224 cm³/mol. The molecule has 3 fully saturated rings. The van der Waals surface area contributed by atoms with Gasteiger partial charge < -0.3 is 92.0 Å². The molecule has 3 aliphatic rings. The fourth-order valence-corrected chi connectivity index (χ4v) is 7.93. The van der Waals surface area contributed by atoms with Crippen LogP contribution in [0.1, 0.15) is 38.7 Å². The number of β-amino-alcohol motifs (C(OH)–C–C–N with tert-alkyl or cyclic N) is 1. The number of ether oxygens (including phenoxy) is 1. The number of carbonyl (C=O) groups is 7. The molecule has 4 rings (SSSR count). The Hall–Kier alpha value is -4.40. The molecule has 0 bridgehead atoms. The SMILES string of the molecule is C=CCOC(=O)NCC[C@@H](O)[C@@H]1NC(=O)[C@H]([C@H](O)Cc2ccc(O)c(OSOO[O-])c2)NC(=O)[C@@H]2C[C@@H](O)CN2C(=O)[C@H]([C@@H](C)O)NC(=O)[C@@H](N)C[C@@H](O)CNC(=O)[C@@H]2[C@@H](O)[C@@H](C)CN2C1=O.[Na+]. The van der Waals surface area contributed by atoms with Crippen molar-refractivity contribution in [2.24, 2.45) is 11.7 Å². The Labute approximate surface area is 415 Å². The molecule has 0 aliphatic carbocycles. The molecule has 3 aliphatic heterocycles. The smallest absolute Gasteiger partial charge is 0.691 e. The summed E-state index contributed by atoms with van der Waals surface area (Å²) in [5.41, 5.74) is 6.14. The van der Waals surface area contributed by atoms with Gasteiger partial charge in [-0.05, 0) is 37.5 Å². The van der Waals surface area contributed by atoms with E-state index in [2.05, 4.69) is 42.5 Å². The van der Waals surface area contributed by atoms with Crippen molar-refractivity contribution in [2.75, 3.05) is 32.8 Å². The zero-order valence-electron chi connectivity index (χ0n) is 37.3. The number of phenols is 1. The summed E-state index contributed by atoms with van der Waals surface area (Å²) in [5.74, 6) is -8.43. The van der Waals surface area contributed by atoms with E-state index in [0.29, 0.717) is 0 Å². The van der Waals surface area contributed by atoms with Crippen LogP contribution in [0.2, 0.25) is 0 Å². The van der Waals surface area contributed by atoms with Crippen molar-refractivity contribution in [1.29, 1.82) is 0 Å². The number of aromatic hydroxyl groups is 1. The van der Waals surface area contributed by atoms with E-state index >= 15 is 0 Å². The Morgan fingerprint density at radius 1 is 0.941 bits per heavy atom. The number of hydrogen-bond acceptors (Lipinski definition) is 21. The Morgan fingerprint density at radius 3 is 2.26 bits per heavy atom. The summed E-state index contributed by atoms with van der Waals surface area (Å²) in [5, 5.41) is 102. The zero-order chi connectivity index (χ0) is 49.7. The second-order valence-electron chi connectivity index (χ2n) is 16.3. The van der Waals surface area contributed by atoms with Crippen molar-refractivity contribution in [1.82, 2.24) is 36.4 Å². The first kappa shape index (κ1) is 57.9. The first-order valence-electron chi connectivity index (χ1n) is 21.0. The average Bonchev–Trinajstić information content (AvgIpc) is 3.82. The van der Waals surface area contributed by atoms with Crippen LogP contribution in [0.3, 0.4) is 0 Å². The van der Waals surface area contributed by atoms with Crippen LogP contribution in [0.4, 0.5) is 4.79 Å². The van der Waals surface area contributed by atoms with Crippen LogP contribution in [0, 0.1) is 5.92 Å². The van der Waals surface area contributed by atoms with E-state index in [4.69, 9.17) is 14.7 Å². The molecular formula is C39H57N8NaO19S. The molecule has 0 radical (unpaired) electrons. The molecule has 0 unspecified atom stereocenters. The molecule has 14 N–H and O–H groups in total. The third-order valence-corrected chi connectivity index (χ3v) is 11.5. The number of amides is 7. The summed E-state index contributed by atoms with van der Waals surface area (Å²) >= 11 is 0.0119. The maximum absolute atomic E-state index is 14.6. The van der Waals surface area contributed by atoms with E-state index in [1.165, 1.54) is 19.1 Å². The molecular weight excluding hydrogens is 940 g/mol. The van der Waals surface area contributed by atoms with Crippen molar-refractivity contribution in [3.05, 3.63) is 36.4 Å². The monoisotopic (exact) mass is 996 g/mol. The maximum Gasteiger partial charge on any atom is 1.00 e. The largest absolute Gasteiger partial charge is 1.00 e. The Bertz CT molecular complexity index is 1940. The number of nitrogens with two attached hydrogens (primary N) is 1. The van der Waals surface area contributed by atoms with Gasteiger partial charge in [-0.1, -0.05) is 25.6 Å². The molecule has 29 heteroatoms. The van der Waals surface area contributed by atoms with Gasteiger partial charge in [0.15, 0.2) is 11.5 Å². The first-order valence-corrected chi connectivity index (χ1v) is 21.6. The molecule has 1 aromatic rings. The predicted octanol–water partition coefficient (Wildman–Crippen LogP) is -9.66. The van der Waals surface area contributed by atoms with E-state index in [-0.39, 0.29) is 72.9 Å². The number of hydrogen-bond donors (Lipinski definition) is 13. The summed E-state index contributed by atoms with van der Waals surface area (Å²) in [4.78, 5) is 98.1. The summed E-state index contributed by atoms with van der Waals surface area (Å²) < 4.78 is 14.0. The van der Waals surface area contributed by atoms with Crippen LogP contribution < -0.4 is 71.3 Å². The number of benzene rings is 1. The molecule has 374 valence electrons. The minimum absolute atomic E-state index is 0. The number of nitrogens with zero attached hydrogens (tertiary/aromatic N) is 2. The molecule has 68 heavy (non-hydrogen) atoms. The third kappa shape index (κ3) is 15.6. The van der Waals surface area contributed by atoms with Crippen LogP contribution in [-0.2, 0) is 49.3 Å². The number of rotatable bonds is 14. The molecule has 27 nitrogen and oxygen atoms in total. The van der Waals surface area contributed by atoms with Crippen molar-refractivity contribution in [3.8, 4) is 11.5 Å². The van der Waals surface area contributed by atoms with Crippen LogP contribution in [0.15, 0.2) is 30.9 Å². The number of alkyl carbamates (subject to hydrolysis) is 1. The van der Waals surface area contributed by atoms with Crippen molar-refractivity contribution in [2.45, 2.75) is 112 Å². The first-order chi connectivity index (χ1) is 31.7. The third-order valence-electron chi connectivity index (χ3n) is 11.2. The molecule has 0 aromatic heterocycles. The van der Waals surface area contributed by atoms with E-state index < -0.39 is 165 Å². The van der Waals surface area contributed by atoms with Crippen LogP contribution in [0.25, 0.3) is 0 Å². The van der Waals surface area contributed by atoms with E-state index in [0.717, 1.165) is 28.9 Å². The molecule has 3 saturated heterocycles. The van der Waals surface area contributed by atoms with Gasteiger partial charge in [-0.2, -0.15) is 0 Å². The number of nitrogens with one attached hydrogen (secondary N) is 5. The molecule has 0 saturated carbocycles. The summed E-state index contributed by atoms with van der Waals surface area (Å²) in [6, 6.07) is -7.34. The van der Waals surface area contributed by atoms with Gasteiger partial charge >= 0.3 is 35.7 Å². The normalized spacial score (nSPS) is 29.0. The molecule has 13 atom stereocenters. The fourth-order valence-electron chi connectivity index (χ4n) is 7.67. The number of phenolic OH excluding ortho intramolecular Hbond substituents is 1. The second-order valence-corrected chi connectivity index (χ2v) is 16.7. The molecule has 1 aromatic carbocycles. The number of fused-ring (bicyclic) bond motifs is 2. The Balaban J connectivity index is 0.0000122. The van der Waals surface area contributed by atoms with Gasteiger partial charge in [0.2, 0.25) is 35.4 Å². The second kappa shape index (κ2) is 27.1. The van der Waals surface area contributed by atoms with Gasteiger partial charge in [-0.25, -0.2) is 4.79 Å². The van der Waals surface area contributed by atoms with Crippen molar-refractivity contribution < 1.29 is 122 Å². The molecule has 0 spiro atoms. The van der Waals surface area contributed by atoms with E-state index in [1.54, 1.807) is 0 Å². The Morgan fingerprint density at radius 2 is 1.60 bits per heavy atom. The van der Waals surface area contributed by atoms with E-state index in [9.17, 15) is 74.6 Å². The van der Waals surface area contributed by atoms with Crippen molar-refractivity contribution >= 4 is 53.9 Å². The van der Waals surface area contributed by atoms with Gasteiger partial charge in [0.1, 0.15) is 36.8 Å². The van der Waals surface area contributed by atoms with E-state index in [1.807, 2.05) is 0 Å². The van der Waals surface area contributed by atoms with Gasteiger partial charge in [-0.15, -0.1) is 4.33 Å². The van der Waals surface area contributed by atoms with Gasteiger partial charge in [-0.3, -0.25) is 33.8 Å². The average molecular weight is 997 g/mol. The quantitative estimate of drug-likeness (QED) is 0.0206. The number of aliphatic hydroxyl groups is 6. The number of carbonyl (C=O) groups excluding carboxylic acids is 7. The van der Waals surface area contributed by atoms with Crippen LogP contribution in [-0.4, -0.2) is 193 Å². The summed E-state index contributed by atoms with van der Waals surface area (Å²) in [6.45, 7) is 4.11. The summed E-state index contributed by atoms with van der Waals surface area (Å²) in [7, 11) is 0. The van der Waals surface area contributed by atoms with Crippen LogP contribution >= 0.6 is 12.3 Å².